The van der Waals surface area contributed by atoms with E-state index in [0.29, 0.717) is 0 Å². The molecule has 136 valence electrons. The summed E-state index contributed by atoms with van der Waals surface area (Å²) in [5.41, 5.74) is 2.67. The highest BCUT2D eigenvalue weighted by molar-refractivity contribution is 5.95. The Morgan fingerprint density at radius 3 is 2.65 bits per heavy atom. The van der Waals surface area contributed by atoms with Crippen molar-refractivity contribution < 1.29 is 4.79 Å². The van der Waals surface area contributed by atoms with Crippen LogP contribution < -0.4 is 5.32 Å². The fourth-order valence-electron chi connectivity index (χ4n) is 3.00. The van der Waals surface area contributed by atoms with Crippen molar-refractivity contribution in [2.75, 3.05) is 5.32 Å². The number of carbonyl (C=O) groups is 1. The van der Waals surface area contributed by atoms with Crippen molar-refractivity contribution >= 4 is 11.6 Å². The molecule has 26 heavy (non-hydrogen) atoms. The van der Waals surface area contributed by atoms with Crippen molar-refractivity contribution in [2.24, 2.45) is 7.05 Å². The number of carbonyl (C=O) groups excluding carboxylic acids is 1. The van der Waals surface area contributed by atoms with Crippen LogP contribution in [0.2, 0.25) is 0 Å². The van der Waals surface area contributed by atoms with Gasteiger partial charge in [0, 0.05) is 36.6 Å². The number of anilines is 1. The van der Waals surface area contributed by atoms with Crippen molar-refractivity contribution in [3.05, 3.63) is 48.3 Å². The van der Waals surface area contributed by atoms with E-state index in [4.69, 9.17) is 0 Å². The van der Waals surface area contributed by atoms with Crippen LogP contribution in [0.5, 0.6) is 0 Å². The Labute approximate surface area is 153 Å². The topological polar surface area (TPSA) is 77.6 Å². The fraction of sp³-hybridized carbons (Fsp3) is 0.368. The molecule has 1 aromatic carbocycles. The lowest BCUT2D eigenvalue weighted by molar-refractivity contribution is -0.118. The molecule has 1 N–H and O–H groups in total. The molecular formula is C19H24N6O. The van der Waals surface area contributed by atoms with Crippen LogP contribution >= 0.6 is 0 Å². The number of hydrogen-bond acceptors (Lipinski definition) is 4. The first-order valence-corrected chi connectivity index (χ1v) is 8.67. The van der Waals surface area contributed by atoms with Crippen LogP contribution in [0.25, 0.3) is 11.4 Å². The standard InChI is InChI=1S/C19H24N6O/c1-12(2)17-20-9-10-25(17)14(4)19(26)22-16-8-6-7-15(13(16)3)18-23-21-11-24(18)5/h6-12,14H,1-5H3,(H,22,26). The number of amides is 1. The van der Waals surface area contributed by atoms with E-state index in [1.807, 2.05) is 54.4 Å². The van der Waals surface area contributed by atoms with Gasteiger partial charge in [0.25, 0.3) is 0 Å². The molecule has 0 radical (unpaired) electrons. The van der Waals surface area contributed by atoms with Gasteiger partial charge in [-0.2, -0.15) is 0 Å². The highest BCUT2D eigenvalue weighted by Crippen LogP contribution is 2.27. The van der Waals surface area contributed by atoms with E-state index in [1.165, 1.54) is 0 Å². The molecule has 7 heteroatoms. The highest BCUT2D eigenvalue weighted by Gasteiger charge is 2.20. The molecule has 2 aromatic heterocycles. The Morgan fingerprint density at radius 2 is 2.00 bits per heavy atom. The number of nitrogens with one attached hydrogen (secondary N) is 1. The number of imidazole rings is 1. The number of hydrogen-bond donors (Lipinski definition) is 1. The summed E-state index contributed by atoms with van der Waals surface area (Å²) in [7, 11) is 1.90. The first-order valence-electron chi connectivity index (χ1n) is 8.67. The lowest BCUT2D eigenvalue weighted by Gasteiger charge is -2.19. The smallest absolute Gasteiger partial charge is 0.247 e. The maximum absolute atomic E-state index is 12.8. The second-order valence-corrected chi connectivity index (χ2v) is 6.76. The molecule has 0 aliphatic heterocycles. The van der Waals surface area contributed by atoms with Crippen LogP contribution in [0.4, 0.5) is 5.69 Å². The van der Waals surface area contributed by atoms with Gasteiger partial charge in [-0.05, 0) is 25.5 Å². The maximum atomic E-state index is 12.8. The Morgan fingerprint density at radius 1 is 1.23 bits per heavy atom. The predicted molar refractivity (Wildman–Crippen MR) is 101 cm³/mol. The quantitative estimate of drug-likeness (QED) is 0.764. The first kappa shape index (κ1) is 17.8. The lowest BCUT2D eigenvalue weighted by atomic mass is 10.1. The average Bonchev–Trinajstić information content (AvgIpc) is 3.25. The van der Waals surface area contributed by atoms with Crippen LogP contribution in [-0.4, -0.2) is 30.2 Å². The zero-order chi connectivity index (χ0) is 18.8. The van der Waals surface area contributed by atoms with E-state index in [9.17, 15) is 4.79 Å². The summed E-state index contributed by atoms with van der Waals surface area (Å²) in [6, 6.07) is 5.43. The number of aryl methyl sites for hydroxylation is 1. The van der Waals surface area contributed by atoms with Crippen molar-refractivity contribution in [1.82, 2.24) is 24.3 Å². The van der Waals surface area contributed by atoms with E-state index in [1.54, 1.807) is 12.5 Å². The van der Waals surface area contributed by atoms with Crippen LogP contribution in [0.3, 0.4) is 0 Å². The van der Waals surface area contributed by atoms with Crippen molar-refractivity contribution in [3.63, 3.8) is 0 Å². The SMILES string of the molecule is Cc1c(NC(=O)C(C)n2ccnc2C(C)C)cccc1-c1nncn1C. The molecule has 0 aliphatic rings. The van der Waals surface area contributed by atoms with Gasteiger partial charge in [0.1, 0.15) is 18.2 Å². The van der Waals surface area contributed by atoms with Crippen molar-refractivity contribution in [3.8, 4) is 11.4 Å². The third kappa shape index (κ3) is 3.24. The average molecular weight is 352 g/mol. The molecule has 0 saturated carbocycles. The summed E-state index contributed by atoms with van der Waals surface area (Å²) < 4.78 is 3.78. The summed E-state index contributed by atoms with van der Waals surface area (Å²) in [5, 5.41) is 11.1. The molecule has 7 nitrogen and oxygen atoms in total. The van der Waals surface area contributed by atoms with Gasteiger partial charge in [0.05, 0.1) is 0 Å². The number of benzene rings is 1. The first-order chi connectivity index (χ1) is 12.4. The summed E-state index contributed by atoms with van der Waals surface area (Å²) in [4.78, 5) is 17.2. The van der Waals surface area contributed by atoms with Gasteiger partial charge in [-0.3, -0.25) is 4.79 Å². The molecule has 3 rings (SSSR count). The lowest BCUT2D eigenvalue weighted by Crippen LogP contribution is -2.25. The minimum Gasteiger partial charge on any atom is -0.324 e. The number of nitrogens with zero attached hydrogens (tertiary/aromatic N) is 5. The zero-order valence-corrected chi connectivity index (χ0v) is 15.8. The monoisotopic (exact) mass is 352 g/mol. The molecule has 1 unspecified atom stereocenters. The molecule has 2 heterocycles. The molecule has 1 atom stereocenters. The van der Waals surface area contributed by atoms with Gasteiger partial charge >= 0.3 is 0 Å². The van der Waals surface area contributed by atoms with Gasteiger partial charge in [0.15, 0.2) is 5.82 Å². The maximum Gasteiger partial charge on any atom is 0.247 e. The van der Waals surface area contributed by atoms with E-state index in [0.717, 1.165) is 28.5 Å². The van der Waals surface area contributed by atoms with Crippen LogP contribution in [0.15, 0.2) is 36.9 Å². The molecule has 0 bridgehead atoms. The van der Waals surface area contributed by atoms with E-state index >= 15 is 0 Å². The largest absolute Gasteiger partial charge is 0.324 e. The van der Waals surface area contributed by atoms with E-state index in [-0.39, 0.29) is 17.9 Å². The van der Waals surface area contributed by atoms with Gasteiger partial charge in [-0.15, -0.1) is 10.2 Å². The van der Waals surface area contributed by atoms with Crippen LogP contribution in [-0.2, 0) is 11.8 Å². The fourth-order valence-corrected chi connectivity index (χ4v) is 3.00. The molecule has 0 aliphatic carbocycles. The molecule has 0 saturated heterocycles. The Kier molecular flexibility index (Phi) is 4.88. The van der Waals surface area contributed by atoms with Crippen molar-refractivity contribution in [1.29, 1.82) is 0 Å². The van der Waals surface area contributed by atoms with Gasteiger partial charge in [0.2, 0.25) is 5.91 Å². The molecule has 1 amide bonds. The minimum absolute atomic E-state index is 0.0804. The second kappa shape index (κ2) is 7.11. The van der Waals surface area contributed by atoms with Gasteiger partial charge < -0.3 is 14.5 Å². The summed E-state index contributed by atoms with van der Waals surface area (Å²) >= 11 is 0. The number of aromatic nitrogens is 5. The molecule has 0 fully saturated rings. The zero-order valence-electron chi connectivity index (χ0n) is 15.8. The third-order valence-corrected chi connectivity index (χ3v) is 4.56. The van der Waals surface area contributed by atoms with Crippen LogP contribution in [0, 0.1) is 6.92 Å². The second-order valence-electron chi connectivity index (χ2n) is 6.76. The predicted octanol–water partition coefficient (Wildman–Crippen LogP) is 3.31. The Bertz CT molecular complexity index is 924. The van der Waals surface area contributed by atoms with E-state index < -0.39 is 0 Å². The van der Waals surface area contributed by atoms with Gasteiger partial charge in [-0.25, -0.2) is 4.98 Å². The summed E-state index contributed by atoms with van der Waals surface area (Å²) in [6.07, 6.45) is 5.25. The third-order valence-electron chi connectivity index (χ3n) is 4.56. The normalized spacial score (nSPS) is 12.4. The van der Waals surface area contributed by atoms with Crippen molar-refractivity contribution in [2.45, 2.75) is 39.7 Å². The minimum atomic E-state index is -0.354. The molecular weight excluding hydrogens is 328 g/mol. The van der Waals surface area contributed by atoms with Crippen LogP contribution in [0.1, 0.15) is 44.1 Å². The Hall–Kier alpha value is -2.96. The summed E-state index contributed by atoms with van der Waals surface area (Å²) in [6.45, 7) is 7.99. The highest BCUT2D eigenvalue weighted by atomic mass is 16.2. The Balaban J connectivity index is 1.86. The van der Waals surface area contributed by atoms with Gasteiger partial charge in [-0.1, -0.05) is 26.0 Å². The van der Waals surface area contributed by atoms with E-state index in [2.05, 4.69) is 34.3 Å². The molecule has 3 aromatic rings. The molecule has 0 spiro atoms. The number of rotatable bonds is 5. The summed E-state index contributed by atoms with van der Waals surface area (Å²) in [5.74, 6) is 1.84.